The quantitative estimate of drug-likeness (QED) is 0.714. The fourth-order valence-electron chi connectivity index (χ4n) is 0.567. The van der Waals surface area contributed by atoms with Crippen LogP contribution in [-0.2, 0) is 4.79 Å². The van der Waals surface area contributed by atoms with Crippen molar-refractivity contribution in [2.45, 2.75) is 13.0 Å². The maximum absolute atomic E-state index is 10.3. The number of rotatable bonds is 3. The molecule has 0 aromatic carbocycles. The number of carboxylic acid groups (broad SMARTS) is 1. The highest BCUT2D eigenvalue weighted by Crippen LogP contribution is 2.07. The average molecular weight is 172 g/mol. The Bertz CT molecular complexity index is 235. The SMILES string of the molecule is C[C@H](Nc1cscn1)C(=O)O. The van der Waals surface area contributed by atoms with Crippen molar-refractivity contribution >= 4 is 23.1 Å². The molecule has 0 aliphatic heterocycles. The van der Waals surface area contributed by atoms with Crippen molar-refractivity contribution in [3.63, 3.8) is 0 Å². The van der Waals surface area contributed by atoms with Crippen molar-refractivity contribution in [1.82, 2.24) is 4.98 Å². The van der Waals surface area contributed by atoms with Crippen LogP contribution in [0.25, 0.3) is 0 Å². The van der Waals surface area contributed by atoms with E-state index in [4.69, 9.17) is 5.11 Å². The minimum atomic E-state index is -0.877. The molecule has 0 bridgehead atoms. The summed E-state index contributed by atoms with van der Waals surface area (Å²) in [6, 6.07) is -0.586. The normalized spacial score (nSPS) is 12.5. The fraction of sp³-hybridized carbons (Fsp3) is 0.333. The van der Waals surface area contributed by atoms with Crippen LogP contribution in [0.5, 0.6) is 0 Å². The first-order valence-electron chi connectivity index (χ1n) is 3.07. The van der Waals surface area contributed by atoms with Gasteiger partial charge in [0.2, 0.25) is 0 Å². The zero-order valence-electron chi connectivity index (χ0n) is 5.94. The van der Waals surface area contributed by atoms with E-state index in [1.807, 2.05) is 0 Å². The first-order valence-corrected chi connectivity index (χ1v) is 4.02. The lowest BCUT2D eigenvalue weighted by atomic mass is 10.3. The second-order valence-corrected chi connectivity index (χ2v) is 2.80. The molecule has 1 aromatic heterocycles. The Kier molecular flexibility index (Phi) is 2.43. The number of anilines is 1. The standard InChI is InChI=1S/C6H8N2O2S/c1-4(6(9)10)8-5-2-11-3-7-5/h2-4,8H,1H3,(H,9,10)/t4-/m0/s1. The van der Waals surface area contributed by atoms with E-state index in [0.29, 0.717) is 5.82 Å². The number of nitrogens with one attached hydrogen (secondary N) is 1. The van der Waals surface area contributed by atoms with Gasteiger partial charge in [0.05, 0.1) is 5.51 Å². The van der Waals surface area contributed by atoms with Crippen molar-refractivity contribution in [2.24, 2.45) is 0 Å². The highest BCUT2D eigenvalue weighted by Gasteiger charge is 2.09. The van der Waals surface area contributed by atoms with Crippen molar-refractivity contribution in [2.75, 3.05) is 5.32 Å². The summed E-state index contributed by atoms with van der Waals surface area (Å²) in [5.74, 6) is -0.261. The maximum Gasteiger partial charge on any atom is 0.325 e. The van der Waals surface area contributed by atoms with Gasteiger partial charge < -0.3 is 10.4 Å². The summed E-state index contributed by atoms with van der Waals surface area (Å²) in [5.41, 5.74) is 1.65. The topological polar surface area (TPSA) is 62.2 Å². The van der Waals surface area contributed by atoms with Crippen LogP contribution in [0.4, 0.5) is 5.82 Å². The fourth-order valence-corrected chi connectivity index (χ4v) is 1.06. The van der Waals surface area contributed by atoms with Crippen LogP contribution in [0.15, 0.2) is 10.9 Å². The molecule has 0 aliphatic rings. The van der Waals surface area contributed by atoms with Crippen molar-refractivity contribution in [3.05, 3.63) is 10.9 Å². The molecule has 0 aliphatic carbocycles. The highest BCUT2D eigenvalue weighted by molar-refractivity contribution is 7.07. The molecule has 0 saturated carbocycles. The molecule has 0 spiro atoms. The molecule has 2 N–H and O–H groups in total. The third kappa shape index (κ3) is 2.19. The number of aromatic nitrogens is 1. The molecule has 4 nitrogen and oxygen atoms in total. The number of carboxylic acids is 1. The molecule has 0 amide bonds. The predicted molar refractivity (Wildman–Crippen MR) is 42.8 cm³/mol. The molecule has 1 heterocycles. The number of aliphatic carboxylic acids is 1. The molecular weight excluding hydrogens is 164 g/mol. The number of hydrogen-bond acceptors (Lipinski definition) is 4. The van der Waals surface area contributed by atoms with Gasteiger partial charge in [-0.1, -0.05) is 0 Å². The van der Waals surface area contributed by atoms with Gasteiger partial charge in [-0.3, -0.25) is 4.79 Å². The summed E-state index contributed by atoms with van der Waals surface area (Å²) < 4.78 is 0. The zero-order valence-corrected chi connectivity index (χ0v) is 6.76. The molecule has 1 atom stereocenters. The van der Waals surface area contributed by atoms with Crippen molar-refractivity contribution < 1.29 is 9.90 Å². The summed E-state index contributed by atoms with van der Waals surface area (Å²) >= 11 is 1.43. The van der Waals surface area contributed by atoms with E-state index in [1.165, 1.54) is 11.3 Å². The van der Waals surface area contributed by atoms with E-state index in [2.05, 4.69) is 10.3 Å². The Morgan fingerprint density at radius 1 is 1.91 bits per heavy atom. The second kappa shape index (κ2) is 3.34. The molecule has 1 aromatic rings. The Labute approximate surface area is 67.9 Å². The van der Waals surface area contributed by atoms with E-state index in [-0.39, 0.29) is 0 Å². The molecule has 0 saturated heterocycles. The van der Waals surface area contributed by atoms with Gasteiger partial charge in [0, 0.05) is 5.38 Å². The Hall–Kier alpha value is -1.10. The summed E-state index contributed by atoms with van der Waals surface area (Å²) in [5, 5.41) is 13.0. The summed E-state index contributed by atoms with van der Waals surface area (Å²) in [4.78, 5) is 14.2. The van der Waals surface area contributed by atoms with Crippen LogP contribution in [0, 0.1) is 0 Å². The molecular formula is C6H8N2O2S. The molecule has 0 fully saturated rings. The zero-order chi connectivity index (χ0) is 8.27. The lowest BCUT2D eigenvalue weighted by Crippen LogP contribution is -2.25. The van der Waals surface area contributed by atoms with Gasteiger partial charge in [-0.15, -0.1) is 11.3 Å². The van der Waals surface area contributed by atoms with Crippen molar-refractivity contribution in [3.8, 4) is 0 Å². The molecule has 0 radical (unpaired) electrons. The van der Waals surface area contributed by atoms with Gasteiger partial charge in [0.1, 0.15) is 11.9 Å². The Morgan fingerprint density at radius 3 is 3.09 bits per heavy atom. The van der Waals surface area contributed by atoms with Crippen LogP contribution >= 0.6 is 11.3 Å². The highest BCUT2D eigenvalue weighted by atomic mass is 32.1. The third-order valence-electron chi connectivity index (χ3n) is 1.17. The second-order valence-electron chi connectivity index (χ2n) is 2.08. The number of hydrogen-bond donors (Lipinski definition) is 2. The van der Waals surface area contributed by atoms with Gasteiger partial charge in [0.15, 0.2) is 0 Å². The predicted octanol–water partition coefficient (Wildman–Crippen LogP) is 1.03. The molecule has 0 unspecified atom stereocenters. The van der Waals surface area contributed by atoms with E-state index in [9.17, 15) is 4.79 Å². The van der Waals surface area contributed by atoms with Gasteiger partial charge in [-0.05, 0) is 6.92 Å². The molecule has 1 rings (SSSR count). The van der Waals surface area contributed by atoms with Crippen LogP contribution in [0.3, 0.4) is 0 Å². The number of carbonyl (C=O) groups is 1. The smallest absolute Gasteiger partial charge is 0.325 e. The van der Waals surface area contributed by atoms with Crippen LogP contribution in [0.2, 0.25) is 0 Å². The van der Waals surface area contributed by atoms with E-state index in [0.717, 1.165) is 0 Å². The minimum Gasteiger partial charge on any atom is -0.480 e. The first-order chi connectivity index (χ1) is 5.20. The van der Waals surface area contributed by atoms with Crippen LogP contribution < -0.4 is 5.32 Å². The van der Waals surface area contributed by atoms with Crippen LogP contribution in [-0.4, -0.2) is 22.1 Å². The number of nitrogens with zero attached hydrogens (tertiary/aromatic N) is 1. The largest absolute Gasteiger partial charge is 0.480 e. The monoisotopic (exact) mass is 172 g/mol. The van der Waals surface area contributed by atoms with Crippen LogP contribution in [0.1, 0.15) is 6.92 Å². The maximum atomic E-state index is 10.3. The number of thiazole rings is 1. The van der Waals surface area contributed by atoms with E-state index >= 15 is 0 Å². The lowest BCUT2D eigenvalue weighted by Gasteiger charge is -2.06. The molecule has 60 valence electrons. The third-order valence-corrected chi connectivity index (χ3v) is 1.75. The van der Waals surface area contributed by atoms with E-state index < -0.39 is 12.0 Å². The average Bonchev–Trinajstić information content (AvgIpc) is 2.39. The molecule has 11 heavy (non-hydrogen) atoms. The Morgan fingerprint density at radius 2 is 2.64 bits per heavy atom. The minimum absolute atomic E-state index is 0.586. The van der Waals surface area contributed by atoms with Gasteiger partial charge in [-0.2, -0.15) is 0 Å². The molecule has 5 heteroatoms. The summed E-state index contributed by atoms with van der Waals surface area (Å²) in [6.45, 7) is 1.57. The summed E-state index contributed by atoms with van der Waals surface area (Å²) in [6.07, 6.45) is 0. The summed E-state index contributed by atoms with van der Waals surface area (Å²) in [7, 11) is 0. The van der Waals surface area contributed by atoms with E-state index in [1.54, 1.807) is 17.8 Å². The van der Waals surface area contributed by atoms with Gasteiger partial charge in [0.25, 0.3) is 0 Å². The van der Waals surface area contributed by atoms with Gasteiger partial charge >= 0.3 is 5.97 Å². The van der Waals surface area contributed by atoms with Crippen molar-refractivity contribution in [1.29, 1.82) is 0 Å². The first kappa shape index (κ1) is 8.00. The van der Waals surface area contributed by atoms with Gasteiger partial charge in [-0.25, -0.2) is 4.98 Å². The Balaban J connectivity index is 2.50. The lowest BCUT2D eigenvalue weighted by molar-refractivity contribution is -0.137.